The molecule has 3 nitrogen and oxygen atoms in total. The molecular formula is C8H6ClN3S. The number of nitrogens with two attached hydrogens (primary N) is 1. The average molecular weight is 212 g/mol. The fourth-order valence-electron chi connectivity index (χ4n) is 0.824. The van der Waals surface area contributed by atoms with Gasteiger partial charge in [0.25, 0.3) is 0 Å². The maximum absolute atomic E-state index is 8.69. The summed E-state index contributed by atoms with van der Waals surface area (Å²) in [4.78, 5) is 1.14. The van der Waals surface area contributed by atoms with Crippen molar-refractivity contribution in [2.24, 2.45) is 5.73 Å². The number of hydrogen-bond acceptors (Lipinski definition) is 2. The predicted octanol–water partition coefficient (Wildman–Crippen LogP) is 1.87. The lowest BCUT2D eigenvalue weighted by Crippen LogP contribution is -2.30. The van der Waals surface area contributed by atoms with Crippen LogP contribution in [0.1, 0.15) is 0 Å². The van der Waals surface area contributed by atoms with Gasteiger partial charge in [-0.2, -0.15) is 5.26 Å². The maximum Gasteiger partial charge on any atom is 0.191 e. The Balaban J connectivity index is 3.01. The van der Waals surface area contributed by atoms with Gasteiger partial charge in [-0.1, -0.05) is 11.6 Å². The largest absolute Gasteiger partial charge is 0.375 e. The fourth-order valence-corrected chi connectivity index (χ4v) is 1.10. The Hall–Kier alpha value is -1.31. The summed E-state index contributed by atoms with van der Waals surface area (Å²) in [5, 5.41) is 9.31. The minimum atomic E-state index is 0.0184. The lowest BCUT2D eigenvalue weighted by molar-refractivity contribution is 1.32. The normalized spacial score (nSPS) is 8.92. The molecule has 1 aromatic carbocycles. The molecule has 0 amide bonds. The van der Waals surface area contributed by atoms with Gasteiger partial charge in [0.2, 0.25) is 0 Å². The third-order valence-corrected chi connectivity index (χ3v) is 1.84. The van der Waals surface area contributed by atoms with E-state index in [1.54, 1.807) is 24.3 Å². The van der Waals surface area contributed by atoms with Crippen molar-refractivity contribution in [3.8, 4) is 6.19 Å². The Morgan fingerprint density at radius 2 is 2.00 bits per heavy atom. The molecule has 0 bridgehead atoms. The maximum atomic E-state index is 8.69. The number of halogens is 1. The van der Waals surface area contributed by atoms with E-state index in [9.17, 15) is 0 Å². The van der Waals surface area contributed by atoms with Crippen LogP contribution in [0.3, 0.4) is 0 Å². The zero-order valence-corrected chi connectivity index (χ0v) is 8.14. The highest BCUT2D eigenvalue weighted by Gasteiger charge is 2.06. The lowest BCUT2D eigenvalue weighted by Gasteiger charge is -2.12. The minimum Gasteiger partial charge on any atom is -0.375 e. The van der Waals surface area contributed by atoms with Gasteiger partial charge < -0.3 is 5.73 Å². The van der Waals surface area contributed by atoms with Gasteiger partial charge in [0.15, 0.2) is 11.3 Å². The van der Waals surface area contributed by atoms with Gasteiger partial charge in [-0.05, 0) is 36.5 Å². The highest BCUT2D eigenvalue weighted by Crippen LogP contribution is 2.16. The molecule has 0 spiro atoms. The zero-order chi connectivity index (χ0) is 9.84. The first-order valence-electron chi connectivity index (χ1n) is 3.40. The van der Waals surface area contributed by atoms with E-state index in [4.69, 9.17) is 22.6 Å². The number of anilines is 1. The van der Waals surface area contributed by atoms with E-state index in [-0.39, 0.29) is 5.11 Å². The Labute approximate surface area is 86.3 Å². The van der Waals surface area contributed by atoms with E-state index in [2.05, 4.69) is 12.2 Å². The van der Waals surface area contributed by atoms with Crippen LogP contribution in [0.2, 0.25) is 5.02 Å². The van der Waals surface area contributed by atoms with Gasteiger partial charge in [-0.25, -0.2) is 4.90 Å². The van der Waals surface area contributed by atoms with E-state index >= 15 is 0 Å². The van der Waals surface area contributed by atoms with Crippen molar-refractivity contribution in [3.63, 3.8) is 0 Å². The van der Waals surface area contributed by atoms with Crippen LogP contribution in [0.5, 0.6) is 0 Å². The summed E-state index contributed by atoms with van der Waals surface area (Å²) < 4.78 is 0. The number of rotatable bonds is 1. The lowest BCUT2D eigenvalue weighted by atomic mass is 10.3. The first kappa shape index (κ1) is 9.78. The molecule has 1 rings (SSSR count). The smallest absolute Gasteiger partial charge is 0.191 e. The molecule has 0 saturated heterocycles. The van der Waals surface area contributed by atoms with Gasteiger partial charge in [-0.3, -0.25) is 0 Å². The molecule has 0 unspecified atom stereocenters. The quantitative estimate of drug-likeness (QED) is 0.438. The number of benzene rings is 1. The Kier molecular flexibility index (Phi) is 3.07. The molecule has 0 fully saturated rings. The van der Waals surface area contributed by atoms with Crippen LogP contribution in [0.15, 0.2) is 24.3 Å². The van der Waals surface area contributed by atoms with E-state index in [1.807, 2.05) is 6.19 Å². The summed E-state index contributed by atoms with van der Waals surface area (Å²) in [6.45, 7) is 0. The summed E-state index contributed by atoms with van der Waals surface area (Å²) in [7, 11) is 0. The molecule has 0 aliphatic rings. The molecule has 13 heavy (non-hydrogen) atoms. The van der Waals surface area contributed by atoms with Crippen LogP contribution >= 0.6 is 23.8 Å². The molecule has 5 heteroatoms. The van der Waals surface area contributed by atoms with Gasteiger partial charge in [0.05, 0.1) is 5.69 Å². The van der Waals surface area contributed by atoms with Gasteiger partial charge in [0, 0.05) is 5.02 Å². The van der Waals surface area contributed by atoms with Crippen molar-refractivity contribution in [2.45, 2.75) is 0 Å². The molecule has 2 N–H and O–H groups in total. The van der Waals surface area contributed by atoms with Gasteiger partial charge >= 0.3 is 0 Å². The van der Waals surface area contributed by atoms with Crippen LogP contribution in [0.25, 0.3) is 0 Å². The van der Waals surface area contributed by atoms with E-state index in [1.165, 1.54) is 0 Å². The summed E-state index contributed by atoms with van der Waals surface area (Å²) in [5.41, 5.74) is 5.93. The molecule has 1 aromatic rings. The summed E-state index contributed by atoms with van der Waals surface area (Å²) in [5.74, 6) is 0. The Morgan fingerprint density at radius 1 is 1.46 bits per heavy atom. The van der Waals surface area contributed by atoms with Crippen LogP contribution < -0.4 is 10.6 Å². The second-order valence-electron chi connectivity index (χ2n) is 2.25. The second-order valence-corrected chi connectivity index (χ2v) is 3.10. The van der Waals surface area contributed by atoms with Crippen molar-refractivity contribution in [2.75, 3.05) is 4.90 Å². The molecular weight excluding hydrogens is 206 g/mol. The highest BCUT2D eigenvalue weighted by atomic mass is 35.5. The number of hydrogen-bond donors (Lipinski definition) is 1. The van der Waals surface area contributed by atoms with Crippen molar-refractivity contribution in [3.05, 3.63) is 29.3 Å². The van der Waals surface area contributed by atoms with Crippen LogP contribution in [-0.2, 0) is 0 Å². The molecule has 0 atom stereocenters. The number of nitrogens with zero attached hydrogens (tertiary/aromatic N) is 2. The molecule has 0 heterocycles. The monoisotopic (exact) mass is 211 g/mol. The minimum absolute atomic E-state index is 0.0184. The molecule has 0 saturated carbocycles. The highest BCUT2D eigenvalue weighted by molar-refractivity contribution is 7.80. The summed E-state index contributed by atoms with van der Waals surface area (Å²) in [6.07, 6.45) is 1.86. The van der Waals surface area contributed by atoms with Crippen LogP contribution in [0, 0.1) is 11.5 Å². The third kappa shape index (κ3) is 2.31. The van der Waals surface area contributed by atoms with Crippen molar-refractivity contribution in [1.29, 1.82) is 5.26 Å². The second kappa shape index (κ2) is 4.08. The van der Waals surface area contributed by atoms with E-state index in [0.717, 1.165) is 4.90 Å². The Morgan fingerprint density at radius 3 is 2.38 bits per heavy atom. The average Bonchev–Trinajstić information content (AvgIpc) is 2.09. The van der Waals surface area contributed by atoms with Gasteiger partial charge in [0.1, 0.15) is 0 Å². The van der Waals surface area contributed by atoms with E-state index in [0.29, 0.717) is 10.7 Å². The number of thiocarbonyl (C=S) groups is 1. The van der Waals surface area contributed by atoms with E-state index < -0.39 is 0 Å². The molecule has 66 valence electrons. The predicted molar refractivity (Wildman–Crippen MR) is 56.3 cm³/mol. The molecule has 0 aromatic heterocycles. The summed E-state index contributed by atoms with van der Waals surface area (Å²) >= 11 is 10.4. The fraction of sp³-hybridized carbons (Fsp3) is 0. The molecule has 0 aliphatic carbocycles. The van der Waals surface area contributed by atoms with Crippen molar-refractivity contribution < 1.29 is 0 Å². The number of nitriles is 1. The first-order chi connectivity index (χ1) is 6.15. The molecule has 0 radical (unpaired) electrons. The van der Waals surface area contributed by atoms with Crippen LogP contribution in [-0.4, -0.2) is 5.11 Å². The van der Waals surface area contributed by atoms with Gasteiger partial charge in [-0.15, -0.1) is 0 Å². The van der Waals surface area contributed by atoms with Crippen molar-refractivity contribution in [1.82, 2.24) is 0 Å². The topological polar surface area (TPSA) is 53.0 Å². The zero-order valence-electron chi connectivity index (χ0n) is 6.57. The Bertz CT molecular complexity index is 355. The van der Waals surface area contributed by atoms with Crippen LogP contribution in [0.4, 0.5) is 5.69 Å². The SMILES string of the molecule is N#CN(C(N)=S)c1ccc(Cl)cc1. The third-order valence-electron chi connectivity index (χ3n) is 1.41. The molecule has 0 aliphatic heterocycles. The standard InChI is InChI=1S/C8H6ClN3S/c9-6-1-3-7(4-2-6)12(5-10)8(11)13/h1-4H,(H2,11,13). The first-order valence-corrected chi connectivity index (χ1v) is 4.18. The van der Waals surface area contributed by atoms with Crippen molar-refractivity contribution >= 4 is 34.6 Å². The summed E-state index contributed by atoms with van der Waals surface area (Å²) in [6, 6.07) is 6.68.